The third-order valence-corrected chi connectivity index (χ3v) is 4.99. The van der Waals surface area contributed by atoms with Gasteiger partial charge in [0.15, 0.2) is 9.84 Å². The van der Waals surface area contributed by atoms with Gasteiger partial charge in [0.1, 0.15) is 0 Å². The average molecular weight is 261 g/mol. The smallest absolute Gasteiger partial charge is 0.220 e. The van der Waals surface area contributed by atoms with Crippen LogP contribution in [0.1, 0.15) is 45.4 Å². The molecule has 1 atom stereocenters. The first-order valence-electron chi connectivity index (χ1n) is 6.50. The van der Waals surface area contributed by atoms with Gasteiger partial charge in [-0.1, -0.05) is 26.2 Å². The number of hydrogen-bond donors (Lipinski definition) is 1. The summed E-state index contributed by atoms with van der Waals surface area (Å²) in [4.78, 5) is 11.5. The Labute approximate surface area is 104 Å². The molecule has 1 unspecified atom stereocenters. The molecule has 0 saturated carbocycles. The SMILES string of the molecule is CCCCCCNC(=O)CC1CCS(=O)(=O)C1. The summed E-state index contributed by atoms with van der Waals surface area (Å²) >= 11 is 0. The summed E-state index contributed by atoms with van der Waals surface area (Å²) in [6.45, 7) is 2.87. The number of hydrogen-bond acceptors (Lipinski definition) is 3. The lowest BCUT2D eigenvalue weighted by Gasteiger charge is -2.08. The highest BCUT2D eigenvalue weighted by Gasteiger charge is 2.29. The minimum Gasteiger partial charge on any atom is -0.356 e. The fourth-order valence-electron chi connectivity index (χ4n) is 2.15. The van der Waals surface area contributed by atoms with Crippen LogP contribution in [0.5, 0.6) is 0 Å². The van der Waals surface area contributed by atoms with Crippen molar-refractivity contribution >= 4 is 15.7 Å². The van der Waals surface area contributed by atoms with E-state index in [-0.39, 0.29) is 23.3 Å². The molecular weight excluding hydrogens is 238 g/mol. The fraction of sp³-hybridized carbons (Fsp3) is 0.917. The van der Waals surface area contributed by atoms with E-state index < -0.39 is 9.84 Å². The Morgan fingerprint density at radius 1 is 1.29 bits per heavy atom. The second-order valence-electron chi connectivity index (χ2n) is 4.88. The van der Waals surface area contributed by atoms with Gasteiger partial charge in [0.05, 0.1) is 11.5 Å². The van der Waals surface area contributed by atoms with Gasteiger partial charge in [0.2, 0.25) is 5.91 Å². The molecule has 100 valence electrons. The molecule has 17 heavy (non-hydrogen) atoms. The molecule has 5 heteroatoms. The van der Waals surface area contributed by atoms with Gasteiger partial charge in [-0.25, -0.2) is 8.42 Å². The van der Waals surface area contributed by atoms with Crippen LogP contribution in [0.25, 0.3) is 0 Å². The molecule has 1 fully saturated rings. The normalized spacial score (nSPS) is 22.5. The Morgan fingerprint density at radius 3 is 2.65 bits per heavy atom. The van der Waals surface area contributed by atoms with E-state index in [1.165, 1.54) is 12.8 Å². The molecule has 1 rings (SSSR count). The summed E-state index contributed by atoms with van der Waals surface area (Å²) in [5.74, 6) is 0.483. The molecule has 1 saturated heterocycles. The predicted molar refractivity (Wildman–Crippen MR) is 68.5 cm³/mol. The van der Waals surface area contributed by atoms with Crippen molar-refractivity contribution in [2.24, 2.45) is 5.92 Å². The summed E-state index contributed by atoms with van der Waals surface area (Å²) in [5.41, 5.74) is 0. The van der Waals surface area contributed by atoms with Crippen molar-refractivity contribution in [1.82, 2.24) is 5.32 Å². The molecule has 0 bridgehead atoms. The molecule has 0 radical (unpaired) electrons. The molecule has 0 aliphatic carbocycles. The van der Waals surface area contributed by atoms with Gasteiger partial charge in [0.25, 0.3) is 0 Å². The monoisotopic (exact) mass is 261 g/mol. The van der Waals surface area contributed by atoms with E-state index in [9.17, 15) is 13.2 Å². The number of rotatable bonds is 7. The van der Waals surface area contributed by atoms with Crippen molar-refractivity contribution < 1.29 is 13.2 Å². The number of carbonyl (C=O) groups excluding carboxylic acids is 1. The van der Waals surface area contributed by atoms with E-state index >= 15 is 0 Å². The van der Waals surface area contributed by atoms with Crippen molar-refractivity contribution in [3.63, 3.8) is 0 Å². The highest BCUT2D eigenvalue weighted by atomic mass is 32.2. The lowest BCUT2D eigenvalue weighted by molar-refractivity contribution is -0.121. The molecular formula is C12H23NO3S. The van der Waals surface area contributed by atoms with E-state index in [1.54, 1.807) is 0 Å². The molecule has 1 aliphatic rings. The molecule has 4 nitrogen and oxygen atoms in total. The minimum atomic E-state index is -2.85. The topological polar surface area (TPSA) is 63.2 Å². The van der Waals surface area contributed by atoms with Crippen molar-refractivity contribution in [2.75, 3.05) is 18.1 Å². The number of sulfone groups is 1. The van der Waals surface area contributed by atoms with Crippen LogP contribution in [0.4, 0.5) is 0 Å². The lowest BCUT2D eigenvalue weighted by Crippen LogP contribution is -2.26. The summed E-state index contributed by atoms with van der Waals surface area (Å²) in [6.07, 6.45) is 5.57. The Kier molecular flexibility index (Phi) is 5.95. The first-order chi connectivity index (χ1) is 8.03. The molecule has 1 heterocycles. The van der Waals surface area contributed by atoms with Gasteiger partial charge in [-0.3, -0.25) is 4.79 Å². The molecule has 0 spiro atoms. The summed E-state index contributed by atoms with van der Waals surface area (Å²) in [6, 6.07) is 0. The first-order valence-corrected chi connectivity index (χ1v) is 8.33. The maximum absolute atomic E-state index is 11.5. The zero-order chi connectivity index (χ0) is 12.7. The second-order valence-corrected chi connectivity index (χ2v) is 7.11. The molecule has 0 aromatic rings. The van der Waals surface area contributed by atoms with Crippen LogP contribution in [0, 0.1) is 5.92 Å². The van der Waals surface area contributed by atoms with Crippen molar-refractivity contribution in [1.29, 1.82) is 0 Å². The van der Waals surface area contributed by atoms with Gasteiger partial charge in [-0.05, 0) is 18.8 Å². The first kappa shape index (κ1) is 14.5. The van der Waals surface area contributed by atoms with Gasteiger partial charge in [-0.2, -0.15) is 0 Å². The Bertz CT molecular complexity index is 338. The van der Waals surface area contributed by atoms with Crippen LogP contribution >= 0.6 is 0 Å². The maximum Gasteiger partial charge on any atom is 0.220 e. The minimum absolute atomic E-state index is 0.00333. The molecule has 0 aromatic carbocycles. The average Bonchev–Trinajstić information content (AvgIpc) is 2.57. The Hall–Kier alpha value is -0.580. The van der Waals surface area contributed by atoms with Gasteiger partial charge in [0, 0.05) is 13.0 Å². The van der Waals surface area contributed by atoms with E-state index in [0.29, 0.717) is 12.8 Å². The van der Waals surface area contributed by atoms with Crippen LogP contribution in [0.3, 0.4) is 0 Å². The van der Waals surface area contributed by atoms with Crippen LogP contribution in [0.2, 0.25) is 0 Å². The zero-order valence-electron chi connectivity index (χ0n) is 10.6. The third-order valence-electron chi connectivity index (χ3n) is 3.15. The predicted octanol–water partition coefficient (Wildman–Crippen LogP) is 1.51. The van der Waals surface area contributed by atoms with Gasteiger partial charge >= 0.3 is 0 Å². The number of unbranched alkanes of at least 4 members (excludes halogenated alkanes) is 3. The molecule has 1 N–H and O–H groups in total. The highest BCUT2D eigenvalue weighted by molar-refractivity contribution is 7.91. The Balaban J connectivity index is 2.09. The number of amides is 1. The number of nitrogens with one attached hydrogen (secondary N) is 1. The Morgan fingerprint density at radius 2 is 2.06 bits per heavy atom. The largest absolute Gasteiger partial charge is 0.356 e. The van der Waals surface area contributed by atoms with Crippen LogP contribution < -0.4 is 5.32 Å². The second kappa shape index (κ2) is 6.99. The summed E-state index contributed by atoms with van der Waals surface area (Å²) in [7, 11) is -2.85. The van der Waals surface area contributed by atoms with E-state index in [2.05, 4.69) is 12.2 Å². The lowest BCUT2D eigenvalue weighted by atomic mass is 10.1. The van der Waals surface area contributed by atoms with E-state index in [1.807, 2.05) is 0 Å². The molecule has 0 aromatic heterocycles. The highest BCUT2D eigenvalue weighted by Crippen LogP contribution is 2.21. The van der Waals surface area contributed by atoms with E-state index in [0.717, 1.165) is 19.4 Å². The van der Waals surface area contributed by atoms with Gasteiger partial charge in [-0.15, -0.1) is 0 Å². The molecule has 1 aliphatic heterocycles. The van der Waals surface area contributed by atoms with Crippen molar-refractivity contribution in [2.45, 2.75) is 45.4 Å². The standard InChI is InChI=1S/C12H23NO3S/c1-2-3-4-5-7-13-12(14)9-11-6-8-17(15,16)10-11/h11H,2-10H2,1H3,(H,13,14). The fourth-order valence-corrected chi connectivity index (χ4v) is 4.01. The van der Waals surface area contributed by atoms with Crippen molar-refractivity contribution in [3.05, 3.63) is 0 Å². The zero-order valence-corrected chi connectivity index (χ0v) is 11.4. The third kappa shape index (κ3) is 6.05. The summed E-state index contributed by atoms with van der Waals surface area (Å²) < 4.78 is 22.4. The summed E-state index contributed by atoms with van der Waals surface area (Å²) in [5, 5.41) is 2.86. The van der Waals surface area contributed by atoms with E-state index in [4.69, 9.17) is 0 Å². The number of carbonyl (C=O) groups is 1. The maximum atomic E-state index is 11.5. The van der Waals surface area contributed by atoms with Gasteiger partial charge < -0.3 is 5.32 Å². The van der Waals surface area contributed by atoms with Crippen LogP contribution in [-0.4, -0.2) is 32.4 Å². The molecule has 1 amide bonds. The quantitative estimate of drug-likeness (QED) is 0.707. The van der Waals surface area contributed by atoms with Crippen molar-refractivity contribution in [3.8, 4) is 0 Å². The van der Waals surface area contributed by atoms with Crippen LogP contribution in [-0.2, 0) is 14.6 Å². The van der Waals surface area contributed by atoms with Crippen LogP contribution in [0.15, 0.2) is 0 Å².